The van der Waals surface area contributed by atoms with Crippen molar-refractivity contribution in [3.8, 4) is 11.4 Å². The summed E-state index contributed by atoms with van der Waals surface area (Å²) in [5, 5.41) is 4.02. The van der Waals surface area contributed by atoms with Gasteiger partial charge >= 0.3 is 0 Å². The zero-order valence-corrected chi connectivity index (χ0v) is 9.53. The highest BCUT2D eigenvalue weighted by Gasteiger charge is 2.12. The molecule has 0 radical (unpaired) electrons. The average molecular weight is 271 g/mol. The normalized spacial score (nSPS) is 10.3. The number of ether oxygens (including phenoxy) is 1. The third kappa shape index (κ3) is 1.74. The number of benzene rings is 1. The fourth-order valence-electron chi connectivity index (χ4n) is 1.25. The topological polar surface area (TPSA) is 27.1 Å². The van der Waals surface area contributed by atoms with Gasteiger partial charge in [0.2, 0.25) is 0 Å². The van der Waals surface area contributed by atoms with E-state index in [1.54, 1.807) is 18.2 Å². The van der Waals surface area contributed by atoms with Gasteiger partial charge < -0.3 is 4.74 Å². The van der Waals surface area contributed by atoms with Crippen LogP contribution in [0.3, 0.4) is 0 Å². The summed E-state index contributed by atoms with van der Waals surface area (Å²) in [4.78, 5) is 0. The molecule has 2 rings (SSSR count). The third-order valence-electron chi connectivity index (χ3n) is 1.98. The van der Waals surface area contributed by atoms with Crippen molar-refractivity contribution in [3.63, 3.8) is 0 Å². The van der Waals surface area contributed by atoms with Gasteiger partial charge in [0.25, 0.3) is 0 Å². The Bertz CT molecular complexity index is 484. The molecule has 0 bridgehead atoms. The molecule has 1 heterocycles. The van der Waals surface area contributed by atoms with Crippen molar-refractivity contribution < 1.29 is 9.13 Å². The number of hydrogen-bond acceptors (Lipinski definition) is 2. The van der Waals surface area contributed by atoms with E-state index >= 15 is 0 Å². The van der Waals surface area contributed by atoms with Crippen LogP contribution in [-0.4, -0.2) is 16.9 Å². The molecule has 0 spiro atoms. The van der Waals surface area contributed by atoms with Gasteiger partial charge in [-0.05, 0) is 28.1 Å². The lowest BCUT2D eigenvalue weighted by Gasteiger charge is -2.04. The van der Waals surface area contributed by atoms with E-state index < -0.39 is 0 Å². The molecule has 78 valence electrons. The van der Waals surface area contributed by atoms with E-state index in [0.29, 0.717) is 16.0 Å². The minimum atomic E-state index is -0.330. The van der Waals surface area contributed by atoms with Crippen LogP contribution in [0.5, 0.6) is 5.75 Å². The van der Waals surface area contributed by atoms with Crippen molar-refractivity contribution in [2.75, 3.05) is 7.11 Å². The summed E-state index contributed by atoms with van der Waals surface area (Å²) in [5.74, 6) is 0.238. The van der Waals surface area contributed by atoms with E-state index in [4.69, 9.17) is 4.74 Å². The number of halogens is 2. The van der Waals surface area contributed by atoms with E-state index in [0.717, 1.165) is 0 Å². The summed E-state index contributed by atoms with van der Waals surface area (Å²) in [6.07, 6.45) is 1.52. The van der Waals surface area contributed by atoms with Crippen molar-refractivity contribution in [1.82, 2.24) is 9.78 Å². The predicted octanol–water partition coefficient (Wildman–Crippen LogP) is 2.78. The molecule has 15 heavy (non-hydrogen) atoms. The Labute approximate surface area is 94.6 Å². The quantitative estimate of drug-likeness (QED) is 0.839. The molecule has 0 aliphatic carbocycles. The number of methoxy groups -OCH3 is 1. The van der Waals surface area contributed by atoms with E-state index in [-0.39, 0.29) is 5.82 Å². The maximum absolute atomic E-state index is 13.4. The lowest BCUT2D eigenvalue weighted by molar-refractivity contribution is 0.411. The van der Waals surface area contributed by atoms with Crippen molar-refractivity contribution in [3.05, 3.63) is 40.9 Å². The molecule has 0 saturated carbocycles. The molecule has 1 aromatic carbocycles. The molecular formula is C10H8BrFN2O. The van der Waals surface area contributed by atoms with Crippen LogP contribution in [0.4, 0.5) is 4.39 Å². The molecule has 0 N–H and O–H groups in total. The summed E-state index contributed by atoms with van der Waals surface area (Å²) >= 11 is 3.29. The minimum absolute atomic E-state index is 0.330. The zero-order valence-electron chi connectivity index (χ0n) is 7.95. The van der Waals surface area contributed by atoms with Crippen LogP contribution in [0, 0.1) is 5.82 Å². The Kier molecular flexibility index (Phi) is 2.73. The summed E-state index contributed by atoms with van der Waals surface area (Å²) < 4.78 is 20.5. The summed E-state index contributed by atoms with van der Waals surface area (Å²) in [6.45, 7) is 0. The molecular weight excluding hydrogens is 263 g/mol. The first-order chi connectivity index (χ1) is 7.24. The van der Waals surface area contributed by atoms with E-state index in [9.17, 15) is 4.39 Å². The molecule has 1 aromatic heterocycles. The fraction of sp³-hybridized carbons (Fsp3) is 0.100. The lowest BCUT2D eigenvalue weighted by atomic mass is 10.3. The van der Waals surface area contributed by atoms with Crippen LogP contribution < -0.4 is 4.74 Å². The first kappa shape index (κ1) is 10.2. The monoisotopic (exact) mass is 270 g/mol. The van der Waals surface area contributed by atoms with Gasteiger partial charge in [-0.2, -0.15) is 5.10 Å². The second-order valence-electron chi connectivity index (χ2n) is 2.87. The van der Waals surface area contributed by atoms with Gasteiger partial charge in [-0.1, -0.05) is 12.1 Å². The van der Waals surface area contributed by atoms with E-state index in [2.05, 4.69) is 21.0 Å². The molecule has 3 nitrogen and oxygen atoms in total. The lowest BCUT2D eigenvalue weighted by Crippen LogP contribution is -1.99. The van der Waals surface area contributed by atoms with Gasteiger partial charge in [0.1, 0.15) is 11.5 Å². The number of hydrogen-bond donors (Lipinski definition) is 0. The molecule has 2 aromatic rings. The fourth-order valence-corrected chi connectivity index (χ4v) is 1.79. The van der Waals surface area contributed by atoms with E-state index in [1.165, 1.54) is 24.1 Å². The first-order valence-corrected chi connectivity index (χ1v) is 5.05. The smallest absolute Gasteiger partial charge is 0.171 e. The number of para-hydroxylation sites is 1. The summed E-state index contributed by atoms with van der Waals surface area (Å²) in [6, 6.07) is 6.41. The van der Waals surface area contributed by atoms with Crippen molar-refractivity contribution in [2.45, 2.75) is 0 Å². The van der Waals surface area contributed by atoms with Crippen molar-refractivity contribution in [2.24, 2.45) is 0 Å². The van der Waals surface area contributed by atoms with Crippen LogP contribution in [0.2, 0.25) is 0 Å². The molecule has 0 aliphatic rings. The first-order valence-electron chi connectivity index (χ1n) is 4.26. The largest absolute Gasteiger partial charge is 0.492 e. The molecule has 0 aliphatic heterocycles. The Morgan fingerprint density at radius 3 is 2.73 bits per heavy atom. The van der Waals surface area contributed by atoms with Gasteiger partial charge in [-0.3, -0.25) is 0 Å². The Hall–Kier alpha value is -1.36. The third-order valence-corrected chi connectivity index (χ3v) is 2.71. The number of aromatic nitrogens is 2. The second-order valence-corrected chi connectivity index (χ2v) is 3.62. The van der Waals surface area contributed by atoms with Crippen molar-refractivity contribution in [1.29, 1.82) is 0 Å². The van der Waals surface area contributed by atoms with Gasteiger partial charge in [0.15, 0.2) is 10.4 Å². The predicted molar refractivity (Wildman–Crippen MR) is 57.8 cm³/mol. The average Bonchev–Trinajstić information content (AvgIpc) is 2.60. The molecule has 0 fully saturated rings. The summed E-state index contributed by atoms with van der Waals surface area (Å²) in [5.41, 5.74) is 0.382. The van der Waals surface area contributed by atoms with Gasteiger partial charge in [-0.25, -0.2) is 9.07 Å². The van der Waals surface area contributed by atoms with Gasteiger partial charge in [0, 0.05) is 0 Å². The molecule has 0 saturated heterocycles. The highest BCUT2D eigenvalue weighted by atomic mass is 79.9. The molecule has 0 atom stereocenters. The van der Waals surface area contributed by atoms with Crippen LogP contribution in [0.1, 0.15) is 0 Å². The van der Waals surface area contributed by atoms with Crippen molar-refractivity contribution >= 4 is 15.9 Å². The second kappa shape index (κ2) is 4.02. The van der Waals surface area contributed by atoms with Gasteiger partial charge in [0.05, 0.1) is 13.3 Å². The van der Waals surface area contributed by atoms with Crippen LogP contribution in [0.25, 0.3) is 5.69 Å². The standard InChI is InChI=1S/C10H8BrFN2O/c1-15-9-6-13-14(10(9)11)8-5-3-2-4-7(8)12/h2-6H,1H3. The maximum Gasteiger partial charge on any atom is 0.171 e. The maximum atomic E-state index is 13.4. The van der Waals surface area contributed by atoms with E-state index in [1.807, 2.05) is 0 Å². The molecule has 0 amide bonds. The van der Waals surface area contributed by atoms with Crippen LogP contribution >= 0.6 is 15.9 Å². The van der Waals surface area contributed by atoms with Crippen LogP contribution in [-0.2, 0) is 0 Å². The molecule has 0 unspecified atom stereocenters. The van der Waals surface area contributed by atoms with Crippen LogP contribution in [0.15, 0.2) is 35.1 Å². The molecule has 5 heteroatoms. The Balaban J connectivity index is 2.55. The number of rotatable bonds is 2. The minimum Gasteiger partial charge on any atom is -0.492 e. The van der Waals surface area contributed by atoms with Gasteiger partial charge in [-0.15, -0.1) is 0 Å². The Morgan fingerprint density at radius 2 is 2.13 bits per heavy atom. The summed E-state index contributed by atoms with van der Waals surface area (Å²) in [7, 11) is 1.54. The Morgan fingerprint density at radius 1 is 1.40 bits per heavy atom. The highest BCUT2D eigenvalue weighted by molar-refractivity contribution is 9.10. The highest BCUT2D eigenvalue weighted by Crippen LogP contribution is 2.27. The zero-order chi connectivity index (χ0) is 10.8. The number of nitrogens with zero attached hydrogens (tertiary/aromatic N) is 2. The SMILES string of the molecule is COc1cnn(-c2ccccc2F)c1Br.